The summed E-state index contributed by atoms with van der Waals surface area (Å²) in [4.78, 5) is 24.3. The van der Waals surface area contributed by atoms with Crippen molar-refractivity contribution in [1.82, 2.24) is 10.6 Å². The van der Waals surface area contributed by atoms with Crippen LogP contribution >= 0.6 is 0 Å². The molecule has 0 aromatic heterocycles. The molecule has 7 nitrogen and oxygen atoms in total. The van der Waals surface area contributed by atoms with Gasteiger partial charge in [-0.25, -0.2) is 4.79 Å². The molecular formula is C50H100N2O5. The second kappa shape index (κ2) is 49.0. The summed E-state index contributed by atoms with van der Waals surface area (Å²) in [6.45, 7) is 10.1. The van der Waals surface area contributed by atoms with Crippen LogP contribution in [0.5, 0.6) is 0 Å². The number of ether oxygens (including phenoxy) is 3. The lowest BCUT2D eigenvalue weighted by atomic mass is 10.0. The minimum atomic E-state index is -0.402. The van der Waals surface area contributed by atoms with E-state index >= 15 is 0 Å². The van der Waals surface area contributed by atoms with Crippen LogP contribution in [0.4, 0.5) is 4.79 Å². The van der Waals surface area contributed by atoms with E-state index in [1.807, 2.05) is 0 Å². The SMILES string of the molecule is CCCCCCCCCCCCCCCCCCOC[C@@H](COC(=O)NCCCCCC(=O)NCCCC)OCCCCCCCCCCCCCCCCCC. The average Bonchev–Trinajstić information content (AvgIpc) is 3.21. The van der Waals surface area contributed by atoms with Gasteiger partial charge in [0.05, 0.1) is 6.61 Å². The predicted octanol–water partition coefficient (Wildman–Crippen LogP) is 15.1. The lowest BCUT2D eigenvalue weighted by Gasteiger charge is -2.18. The standard InChI is InChI=1S/C50H100N2O5/c1-4-7-10-12-14-16-18-20-22-24-26-28-30-32-34-39-44-55-46-48(47-57-50(54)52-43-38-36-37-41-49(53)51-42-9-6-3)56-45-40-35-33-31-29-27-25-23-21-19-17-15-13-11-8-5-2/h48H,4-47H2,1-3H3,(H,51,53)(H,52,54)/t48-/m0/s1. The largest absolute Gasteiger partial charge is 0.447 e. The molecule has 0 aliphatic rings. The maximum absolute atomic E-state index is 12.4. The van der Waals surface area contributed by atoms with E-state index in [0.29, 0.717) is 26.2 Å². The number of hydrogen-bond acceptors (Lipinski definition) is 5. The second-order valence-corrected chi connectivity index (χ2v) is 17.2. The van der Waals surface area contributed by atoms with Gasteiger partial charge in [0.2, 0.25) is 5.91 Å². The summed E-state index contributed by atoms with van der Waals surface area (Å²) in [6.07, 6.45) is 48.1. The van der Waals surface area contributed by atoms with Gasteiger partial charge in [0.1, 0.15) is 12.7 Å². The van der Waals surface area contributed by atoms with Crippen LogP contribution in [0, 0.1) is 0 Å². The van der Waals surface area contributed by atoms with E-state index < -0.39 is 6.09 Å². The highest BCUT2D eigenvalue weighted by Gasteiger charge is 2.13. The van der Waals surface area contributed by atoms with Gasteiger partial charge >= 0.3 is 6.09 Å². The number of amides is 2. The van der Waals surface area contributed by atoms with E-state index in [2.05, 4.69) is 31.4 Å². The molecule has 0 unspecified atom stereocenters. The minimum Gasteiger partial charge on any atom is -0.447 e. The lowest BCUT2D eigenvalue weighted by Crippen LogP contribution is -2.32. The first kappa shape index (κ1) is 55.7. The Balaban J connectivity index is 4.09. The van der Waals surface area contributed by atoms with E-state index in [1.165, 1.54) is 193 Å². The monoisotopic (exact) mass is 809 g/mol. The molecule has 0 bridgehead atoms. The normalized spacial score (nSPS) is 11.9. The number of carbonyl (C=O) groups is 2. The number of rotatable bonds is 48. The Bertz CT molecular complexity index is 797. The van der Waals surface area contributed by atoms with Gasteiger partial charge in [0.15, 0.2) is 0 Å². The van der Waals surface area contributed by atoms with E-state index in [1.54, 1.807) is 0 Å². The fraction of sp³-hybridized carbons (Fsp3) is 0.960. The summed E-state index contributed by atoms with van der Waals surface area (Å²) < 4.78 is 17.8. The zero-order valence-electron chi connectivity index (χ0n) is 38.7. The zero-order valence-corrected chi connectivity index (χ0v) is 38.7. The molecule has 1 atom stereocenters. The van der Waals surface area contributed by atoms with Crippen LogP contribution in [0.25, 0.3) is 0 Å². The number of unbranched alkanes of at least 4 members (excludes halogenated alkanes) is 33. The predicted molar refractivity (Wildman–Crippen MR) is 245 cm³/mol. The molecule has 0 spiro atoms. The van der Waals surface area contributed by atoms with Crippen molar-refractivity contribution in [1.29, 1.82) is 0 Å². The number of carbonyl (C=O) groups excluding carboxylic acids is 2. The molecule has 0 aliphatic heterocycles. The van der Waals surface area contributed by atoms with Gasteiger partial charge in [-0.1, -0.05) is 226 Å². The van der Waals surface area contributed by atoms with Gasteiger partial charge in [-0.2, -0.15) is 0 Å². The summed E-state index contributed by atoms with van der Waals surface area (Å²) in [6, 6.07) is 0. The van der Waals surface area contributed by atoms with Crippen molar-refractivity contribution >= 4 is 12.0 Å². The van der Waals surface area contributed by atoms with Crippen LogP contribution < -0.4 is 10.6 Å². The molecular weight excluding hydrogens is 709 g/mol. The average molecular weight is 809 g/mol. The van der Waals surface area contributed by atoms with Crippen LogP contribution in [-0.2, 0) is 19.0 Å². The van der Waals surface area contributed by atoms with E-state index in [9.17, 15) is 9.59 Å². The summed E-state index contributed by atoms with van der Waals surface area (Å²) in [5, 5.41) is 5.82. The van der Waals surface area contributed by atoms with E-state index in [4.69, 9.17) is 14.2 Å². The minimum absolute atomic E-state index is 0.124. The Kier molecular flexibility index (Phi) is 47.9. The first-order valence-electron chi connectivity index (χ1n) is 25.5. The third kappa shape index (κ3) is 47.2. The first-order chi connectivity index (χ1) is 28.1. The highest BCUT2D eigenvalue weighted by Crippen LogP contribution is 2.16. The summed E-state index contributed by atoms with van der Waals surface area (Å²) in [5.41, 5.74) is 0. The molecule has 0 rings (SSSR count). The van der Waals surface area contributed by atoms with Gasteiger partial charge in [-0.3, -0.25) is 4.79 Å². The Labute approximate surface area is 355 Å². The van der Waals surface area contributed by atoms with Crippen LogP contribution in [-0.4, -0.2) is 57.6 Å². The van der Waals surface area contributed by atoms with Crippen molar-refractivity contribution in [3.63, 3.8) is 0 Å². The Hall–Kier alpha value is -1.34. The summed E-state index contributed by atoms with van der Waals surface area (Å²) in [5.74, 6) is 0.124. The molecule has 0 radical (unpaired) electrons. The molecule has 340 valence electrons. The summed E-state index contributed by atoms with van der Waals surface area (Å²) >= 11 is 0. The summed E-state index contributed by atoms with van der Waals surface area (Å²) in [7, 11) is 0. The molecule has 0 aromatic rings. The quantitative estimate of drug-likeness (QED) is 0.0598. The maximum Gasteiger partial charge on any atom is 0.407 e. The van der Waals surface area contributed by atoms with Crippen molar-refractivity contribution in [3.05, 3.63) is 0 Å². The van der Waals surface area contributed by atoms with Crippen molar-refractivity contribution in [2.75, 3.05) is 39.5 Å². The molecule has 2 amide bonds. The van der Waals surface area contributed by atoms with Crippen molar-refractivity contribution in [2.24, 2.45) is 0 Å². The highest BCUT2D eigenvalue weighted by molar-refractivity contribution is 5.75. The Morgan fingerprint density at radius 1 is 0.386 bits per heavy atom. The molecule has 0 saturated carbocycles. The van der Waals surface area contributed by atoms with Gasteiger partial charge in [-0.05, 0) is 32.1 Å². The molecule has 2 N–H and O–H groups in total. The molecule has 0 heterocycles. The van der Waals surface area contributed by atoms with Crippen molar-refractivity contribution in [3.8, 4) is 0 Å². The Morgan fingerprint density at radius 2 is 0.754 bits per heavy atom. The van der Waals surface area contributed by atoms with Crippen molar-refractivity contribution < 1.29 is 23.8 Å². The van der Waals surface area contributed by atoms with E-state index in [0.717, 1.165) is 58.1 Å². The van der Waals surface area contributed by atoms with Gasteiger partial charge < -0.3 is 24.8 Å². The smallest absolute Gasteiger partial charge is 0.407 e. The fourth-order valence-electron chi connectivity index (χ4n) is 7.50. The van der Waals surface area contributed by atoms with Gasteiger partial charge in [0.25, 0.3) is 0 Å². The number of hydrogen-bond donors (Lipinski definition) is 2. The molecule has 0 aromatic carbocycles. The topological polar surface area (TPSA) is 85.9 Å². The number of alkyl carbamates (subject to hydrolysis) is 1. The third-order valence-electron chi connectivity index (χ3n) is 11.4. The molecule has 57 heavy (non-hydrogen) atoms. The lowest BCUT2D eigenvalue weighted by molar-refractivity contribution is -0.121. The second-order valence-electron chi connectivity index (χ2n) is 17.2. The van der Waals surface area contributed by atoms with E-state index in [-0.39, 0.29) is 18.6 Å². The maximum atomic E-state index is 12.4. The van der Waals surface area contributed by atoms with Crippen molar-refractivity contribution in [2.45, 2.75) is 271 Å². The highest BCUT2D eigenvalue weighted by atomic mass is 16.6. The van der Waals surface area contributed by atoms with Crippen LogP contribution in [0.1, 0.15) is 265 Å². The fourth-order valence-corrected chi connectivity index (χ4v) is 7.50. The van der Waals surface area contributed by atoms with Crippen LogP contribution in [0.3, 0.4) is 0 Å². The molecule has 7 heteroatoms. The number of nitrogens with one attached hydrogen (secondary N) is 2. The first-order valence-corrected chi connectivity index (χ1v) is 25.5. The van der Waals surface area contributed by atoms with Crippen LogP contribution in [0.2, 0.25) is 0 Å². The molecule has 0 saturated heterocycles. The van der Waals surface area contributed by atoms with Gasteiger partial charge in [0, 0.05) is 32.7 Å². The van der Waals surface area contributed by atoms with Crippen LogP contribution in [0.15, 0.2) is 0 Å². The Morgan fingerprint density at radius 3 is 1.19 bits per heavy atom. The van der Waals surface area contributed by atoms with Gasteiger partial charge in [-0.15, -0.1) is 0 Å². The zero-order chi connectivity index (χ0) is 41.4. The molecule has 0 aliphatic carbocycles. The molecule has 0 fully saturated rings. The third-order valence-corrected chi connectivity index (χ3v) is 11.4.